The summed E-state index contributed by atoms with van der Waals surface area (Å²) >= 11 is 1.79. The van der Waals surface area contributed by atoms with Crippen LogP contribution in [0.15, 0.2) is 24.3 Å². The molecular formula is C11H11BrNS+. The maximum Gasteiger partial charge on any atom is 0.236 e. The first kappa shape index (κ1) is 11.2. The zero-order chi connectivity index (χ0) is 9.26. The van der Waals surface area contributed by atoms with Gasteiger partial charge in [-0.25, -0.2) is 0 Å². The number of hydrogen-bond donors (Lipinski definition) is 0. The van der Waals surface area contributed by atoms with Crippen LogP contribution >= 0.6 is 28.3 Å². The van der Waals surface area contributed by atoms with Crippen molar-refractivity contribution in [1.29, 1.82) is 0 Å². The van der Waals surface area contributed by atoms with Crippen molar-refractivity contribution in [1.82, 2.24) is 0 Å². The van der Waals surface area contributed by atoms with Gasteiger partial charge in [0, 0.05) is 13.0 Å². The first-order chi connectivity index (χ1) is 6.33. The van der Waals surface area contributed by atoms with Gasteiger partial charge in [0.1, 0.15) is 4.70 Å². The van der Waals surface area contributed by atoms with Crippen LogP contribution in [0.5, 0.6) is 0 Å². The van der Waals surface area contributed by atoms with E-state index in [1.165, 1.54) is 15.2 Å². The fraction of sp³-hybridized carbons (Fsp3) is 0.182. The summed E-state index contributed by atoms with van der Waals surface area (Å²) in [6, 6.07) is 8.33. The summed E-state index contributed by atoms with van der Waals surface area (Å²) in [6.07, 6.45) is 5.31. The van der Waals surface area contributed by atoms with Crippen LogP contribution in [0.1, 0.15) is 5.01 Å². The van der Waals surface area contributed by atoms with Gasteiger partial charge in [0.05, 0.1) is 0 Å². The van der Waals surface area contributed by atoms with Gasteiger partial charge in [-0.3, -0.25) is 0 Å². The minimum Gasteiger partial charge on any atom is -0.174 e. The zero-order valence-corrected chi connectivity index (χ0v) is 10.4. The molecule has 0 atom stereocenters. The molecule has 0 unspecified atom stereocenters. The molecule has 0 saturated heterocycles. The quantitative estimate of drug-likeness (QED) is 0.553. The fourth-order valence-corrected chi connectivity index (χ4v) is 2.46. The second-order valence-corrected chi connectivity index (χ2v) is 4.11. The summed E-state index contributed by atoms with van der Waals surface area (Å²) in [7, 11) is 0. The largest absolute Gasteiger partial charge is 0.236 e. The number of aromatic nitrogens is 1. The average Bonchev–Trinajstić information content (AvgIpc) is 2.44. The van der Waals surface area contributed by atoms with Crippen LogP contribution in [-0.4, -0.2) is 0 Å². The summed E-state index contributed by atoms with van der Waals surface area (Å²) in [5, 5.41) is 1.26. The monoisotopic (exact) mass is 268 g/mol. The number of aryl methyl sites for hydroxylation is 1. The molecular weight excluding hydrogens is 258 g/mol. The first-order valence-corrected chi connectivity index (χ1v) is 4.96. The summed E-state index contributed by atoms with van der Waals surface area (Å²) in [5.74, 6) is 2.67. The van der Waals surface area contributed by atoms with Crippen LogP contribution < -0.4 is 4.57 Å². The predicted octanol–water partition coefficient (Wildman–Crippen LogP) is 2.71. The van der Waals surface area contributed by atoms with Gasteiger partial charge in [0.25, 0.3) is 0 Å². The Hall–Kier alpha value is -0.850. The maximum absolute atomic E-state index is 5.31. The lowest BCUT2D eigenvalue weighted by atomic mass is 10.3. The number of halogens is 1. The van der Waals surface area contributed by atoms with E-state index in [0.717, 1.165) is 0 Å². The average molecular weight is 269 g/mol. The Balaban J connectivity index is 0.000000980. The van der Waals surface area contributed by atoms with E-state index < -0.39 is 0 Å². The van der Waals surface area contributed by atoms with Crippen LogP contribution in [0.2, 0.25) is 0 Å². The first-order valence-electron chi connectivity index (χ1n) is 4.14. The Morgan fingerprint density at radius 2 is 2.14 bits per heavy atom. The number of terminal acetylenes is 1. The third-order valence-electron chi connectivity index (χ3n) is 2.04. The van der Waals surface area contributed by atoms with E-state index in [1.807, 2.05) is 6.07 Å². The van der Waals surface area contributed by atoms with Crippen LogP contribution in [0.3, 0.4) is 0 Å². The maximum atomic E-state index is 5.31. The highest BCUT2D eigenvalue weighted by Gasteiger charge is 2.14. The molecule has 0 radical (unpaired) electrons. The molecule has 0 amide bonds. The molecule has 14 heavy (non-hydrogen) atoms. The molecule has 0 bridgehead atoms. The summed E-state index contributed by atoms with van der Waals surface area (Å²) in [4.78, 5) is 0. The van der Waals surface area contributed by atoms with Gasteiger partial charge < -0.3 is 0 Å². The lowest BCUT2D eigenvalue weighted by Crippen LogP contribution is -2.34. The second-order valence-electron chi connectivity index (χ2n) is 2.88. The van der Waals surface area contributed by atoms with Crippen molar-refractivity contribution in [2.24, 2.45) is 0 Å². The molecule has 2 rings (SSSR count). The molecule has 1 heterocycles. The summed E-state index contributed by atoms with van der Waals surface area (Å²) in [6.45, 7) is 2.76. The van der Waals surface area contributed by atoms with E-state index in [1.54, 1.807) is 11.3 Å². The van der Waals surface area contributed by atoms with Crippen LogP contribution in [0.4, 0.5) is 0 Å². The van der Waals surface area contributed by atoms with E-state index >= 15 is 0 Å². The SMILES string of the molecule is Br.C#CC[n+]1c(C)sc2ccccc21. The lowest BCUT2D eigenvalue weighted by molar-refractivity contribution is -0.660. The third kappa shape index (κ3) is 1.82. The highest BCUT2D eigenvalue weighted by molar-refractivity contribution is 8.93. The second kappa shape index (κ2) is 4.59. The third-order valence-corrected chi connectivity index (χ3v) is 3.12. The van der Waals surface area contributed by atoms with Crippen molar-refractivity contribution < 1.29 is 4.57 Å². The molecule has 0 spiro atoms. The van der Waals surface area contributed by atoms with Crippen molar-refractivity contribution in [2.45, 2.75) is 13.5 Å². The molecule has 72 valence electrons. The van der Waals surface area contributed by atoms with Crippen molar-refractivity contribution in [2.75, 3.05) is 0 Å². The van der Waals surface area contributed by atoms with E-state index in [9.17, 15) is 0 Å². The lowest BCUT2D eigenvalue weighted by Gasteiger charge is -1.88. The number of rotatable bonds is 1. The van der Waals surface area contributed by atoms with Gasteiger partial charge >= 0.3 is 0 Å². The van der Waals surface area contributed by atoms with Crippen molar-refractivity contribution in [3.05, 3.63) is 29.3 Å². The Bertz CT molecular complexity index is 481. The summed E-state index contributed by atoms with van der Waals surface area (Å²) in [5.41, 5.74) is 1.24. The highest BCUT2D eigenvalue weighted by Crippen LogP contribution is 2.18. The van der Waals surface area contributed by atoms with Gasteiger partial charge in [0.15, 0.2) is 0 Å². The molecule has 3 heteroatoms. The molecule has 1 aromatic heterocycles. The van der Waals surface area contributed by atoms with Crippen molar-refractivity contribution in [3.63, 3.8) is 0 Å². The van der Waals surface area contributed by atoms with Gasteiger partial charge in [0.2, 0.25) is 17.1 Å². The zero-order valence-electron chi connectivity index (χ0n) is 7.86. The molecule has 0 aliphatic heterocycles. The number of para-hydroxylation sites is 1. The standard InChI is InChI=1S/C11H10NS.BrH/c1-3-8-12-9(2)13-11-7-5-4-6-10(11)12;/h1,4-7H,8H2,2H3;1H/q+1;. The molecule has 0 N–H and O–H groups in total. The van der Waals surface area contributed by atoms with Gasteiger partial charge in [-0.1, -0.05) is 23.5 Å². The fourth-order valence-electron chi connectivity index (χ4n) is 1.44. The molecule has 0 fully saturated rings. The Kier molecular flexibility index (Phi) is 3.68. The molecule has 0 saturated carbocycles. The predicted molar refractivity (Wildman–Crippen MR) is 65.9 cm³/mol. The number of nitrogens with zero attached hydrogens (tertiary/aromatic N) is 1. The minimum absolute atomic E-state index is 0. The smallest absolute Gasteiger partial charge is 0.174 e. The minimum atomic E-state index is 0. The Morgan fingerprint density at radius 1 is 1.43 bits per heavy atom. The van der Waals surface area contributed by atoms with Crippen LogP contribution in [0, 0.1) is 19.3 Å². The normalized spacial score (nSPS) is 9.43. The Morgan fingerprint density at radius 3 is 2.86 bits per heavy atom. The van der Waals surface area contributed by atoms with Crippen LogP contribution in [-0.2, 0) is 6.54 Å². The highest BCUT2D eigenvalue weighted by atomic mass is 79.9. The number of hydrogen-bond acceptors (Lipinski definition) is 1. The number of thiazole rings is 1. The molecule has 1 nitrogen and oxygen atoms in total. The van der Waals surface area contributed by atoms with Gasteiger partial charge in [-0.05, 0) is 12.0 Å². The molecule has 0 aliphatic rings. The van der Waals surface area contributed by atoms with Gasteiger partial charge in [-0.15, -0.1) is 23.4 Å². The Labute approximate surface area is 98.2 Å². The van der Waals surface area contributed by atoms with Crippen molar-refractivity contribution >= 4 is 38.5 Å². The van der Waals surface area contributed by atoms with E-state index in [2.05, 4.69) is 35.6 Å². The topological polar surface area (TPSA) is 3.88 Å². The number of fused-ring (bicyclic) bond motifs is 1. The molecule has 2 aromatic rings. The number of benzene rings is 1. The van der Waals surface area contributed by atoms with Crippen molar-refractivity contribution in [3.8, 4) is 12.3 Å². The molecule has 1 aromatic carbocycles. The van der Waals surface area contributed by atoms with Gasteiger partial charge in [-0.2, -0.15) is 4.57 Å². The molecule has 0 aliphatic carbocycles. The van der Waals surface area contributed by atoms with E-state index in [4.69, 9.17) is 6.42 Å². The van der Waals surface area contributed by atoms with Crippen LogP contribution in [0.25, 0.3) is 10.2 Å². The van der Waals surface area contributed by atoms with E-state index in [0.29, 0.717) is 6.54 Å². The summed E-state index contributed by atoms with van der Waals surface area (Å²) < 4.78 is 3.47. The van der Waals surface area contributed by atoms with E-state index in [-0.39, 0.29) is 17.0 Å².